The molecule has 1 saturated heterocycles. The van der Waals surface area contributed by atoms with E-state index in [1.54, 1.807) is 6.20 Å². The highest BCUT2D eigenvalue weighted by Gasteiger charge is 2.35. The van der Waals surface area contributed by atoms with Crippen molar-refractivity contribution in [2.24, 2.45) is 5.41 Å². The second-order valence-corrected chi connectivity index (χ2v) is 5.96. The summed E-state index contributed by atoms with van der Waals surface area (Å²) in [6.45, 7) is 2.30. The van der Waals surface area contributed by atoms with Gasteiger partial charge in [0.15, 0.2) is 0 Å². The van der Waals surface area contributed by atoms with Gasteiger partial charge in [-0.15, -0.1) is 0 Å². The molecule has 3 heteroatoms. The molecule has 0 radical (unpaired) electrons. The normalized spacial score (nSPS) is 23.2. The fourth-order valence-corrected chi connectivity index (χ4v) is 3.70. The number of anilines is 2. The van der Waals surface area contributed by atoms with E-state index < -0.39 is 0 Å². The first-order valence-corrected chi connectivity index (χ1v) is 7.25. The molecule has 2 heterocycles. The minimum atomic E-state index is 0.658. The molecule has 0 atom stereocenters. The standard InChI is InChI=1S/C15H23N3/c16-14-13(5-4-10-17-14)18-11-8-15(9-12-18)6-2-1-3-7-15/h4-5,10H,1-3,6-9,11-12H2,(H2,16,17). The quantitative estimate of drug-likeness (QED) is 0.826. The highest BCUT2D eigenvalue weighted by atomic mass is 15.2. The summed E-state index contributed by atoms with van der Waals surface area (Å²) in [6, 6.07) is 4.08. The van der Waals surface area contributed by atoms with Crippen molar-refractivity contribution in [2.75, 3.05) is 23.7 Å². The molecule has 1 aromatic heterocycles. The van der Waals surface area contributed by atoms with Crippen LogP contribution in [0.25, 0.3) is 0 Å². The largest absolute Gasteiger partial charge is 0.382 e. The van der Waals surface area contributed by atoms with E-state index in [9.17, 15) is 0 Å². The Morgan fingerprint density at radius 3 is 2.44 bits per heavy atom. The molecule has 0 bridgehead atoms. The summed E-state index contributed by atoms with van der Waals surface area (Å²) < 4.78 is 0. The Hall–Kier alpha value is -1.25. The number of piperidine rings is 1. The average molecular weight is 245 g/mol. The molecule has 1 spiro atoms. The summed E-state index contributed by atoms with van der Waals surface area (Å²) in [6.07, 6.45) is 11.7. The Kier molecular flexibility index (Phi) is 3.14. The van der Waals surface area contributed by atoms with Crippen LogP contribution in [0.1, 0.15) is 44.9 Å². The van der Waals surface area contributed by atoms with Crippen molar-refractivity contribution in [1.29, 1.82) is 0 Å². The van der Waals surface area contributed by atoms with Gasteiger partial charge in [-0.25, -0.2) is 4.98 Å². The number of rotatable bonds is 1. The second-order valence-electron chi connectivity index (χ2n) is 5.96. The van der Waals surface area contributed by atoms with Gasteiger partial charge in [0.05, 0.1) is 5.69 Å². The first-order chi connectivity index (χ1) is 8.79. The Labute approximate surface area is 109 Å². The van der Waals surface area contributed by atoms with Gasteiger partial charge in [0.1, 0.15) is 5.82 Å². The summed E-state index contributed by atoms with van der Waals surface area (Å²) in [5, 5.41) is 0. The number of nitrogens with zero attached hydrogens (tertiary/aromatic N) is 2. The van der Waals surface area contributed by atoms with Crippen molar-refractivity contribution in [3.05, 3.63) is 18.3 Å². The number of nitrogens with two attached hydrogens (primary N) is 1. The van der Waals surface area contributed by atoms with Crippen molar-refractivity contribution >= 4 is 11.5 Å². The number of nitrogen functional groups attached to an aromatic ring is 1. The van der Waals surface area contributed by atoms with Gasteiger partial charge in [-0.05, 0) is 43.2 Å². The average Bonchev–Trinajstić information content (AvgIpc) is 2.42. The maximum absolute atomic E-state index is 5.97. The molecular weight excluding hydrogens is 222 g/mol. The van der Waals surface area contributed by atoms with Crippen LogP contribution < -0.4 is 10.6 Å². The molecule has 1 saturated carbocycles. The molecule has 0 aromatic carbocycles. The third-order valence-electron chi connectivity index (χ3n) is 4.90. The minimum Gasteiger partial charge on any atom is -0.382 e. The van der Waals surface area contributed by atoms with Gasteiger partial charge < -0.3 is 10.6 Å². The predicted octanol–water partition coefficient (Wildman–Crippen LogP) is 3.21. The summed E-state index contributed by atoms with van der Waals surface area (Å²) >= 11 is 0. The molecular formula is C15H23N3. The van der Waals surface area contributed by atoms with Crippen molar-refractivity contribution in [2.45, 2.75) is 44.9 Å². The van der Waals surface area contributed by atoms with Crippen LogP contribution in [0.3, 0.4) is 0 Å². The smallest absolute Gasteiger partial charge is 0.146 e. The SMILES string of the molecule is Nc1ncccc1N1CCC2(CCCCC2)CC1. The van der Waals surface area contributed by atoms with Crippen LogP contribution in [0.5, 0.6) is 0 Å². The van der Waals surface area contributed by atoms with Crippen molar-refractivity contribution in [3.63, 3.8) is 0 Å². The molecule has 0 amide bonds. The molecule has 2 N–H and O–H groups in total. The van der Waals surface area contributed by atoms with Gasteiger partial charge in [-0.1, -0.05) is 19.3 Å². The molecule has 1 aromatic rings. The molecule has 18 heavy (non-hydrogen) atoms. The van der Waals surface area contributed by atoms with Crippen molar-refractivity contribution in [3.8, 4) is 0 Å². The Morgan fingerprint density at radius 1 is 1.06 bits per heavy atom. The molecule has 3 rings (SSSR count). The van der Waals surface area contributed by atoms with Crippen LogP contribution in [-0.4, -0.2) is 18.1 Å². The molecule has 1 aliphatic heterocycles. The molecule has 1 aliphatic carbocycles. The first kappa shape index (κ1) is 11.8. The van der Waals surface area contributed by atoms with E-state index in [4.69, 9.17) is 5.73 Å². The summed E-state index contributed by atoms with van der Waals surface area (Å²) in [5.74, 6) is 0.678. The fourth-order valence-electron chi connectivity index (χ4n) is 3.70. The van der Waals surface area contributed by atoms with E-state index in [-0.39, 0.29) is 0 Å². The molecule has 98 valence electrons. The zero-order valence-electron chi connectivity index (χ0n) is 11.1. The van der Waals surface area contributed by atoms with Crippen LogP contribution in [0, 0.1) is 5.41 Å². The lowest BCUT2D eigenvalue weighted by molar-refractivity contribution is 0.144. The van der Waals surface area contributed by atoms with Crippen LogP contribution >= 0.6 is 0 Å². The van der Waals surface area contributed by atoms with Gasteiger partial charge >= 0.3 is 0 Å². The predicted molar refractivity (Wildman–Crippen MR) is 75.6 cm³/mol. The van der Waals surface area contributed by atoms with E-state index in [0.29, 0.717) is 11.2 Å². The molecule has 2 aliphatic rings. The van der Waals surface area contributed by atoms with Crippen LogP contribution in [0.4, 0.5) is 11.5 Å². The lowest BCUT2D eigenvalue weighted by atomic mass is 9.68. The highest BCUT2D eigenvalue weighted by molar-refractivity contribution is 5.63. The maximum atomic E-state index is 5.97. The van der Waals surface area contributed by atoms with Gasteiger partial charge in [-0.3, -0.25) is 0 Å². The zero-order chi connectivity index (χ0) is 12.4. The Morgan fingerprint density at radius 2 is 1.78 bits per heavy atom. The number of aromatic nitrogens is 1. The number of hydrogen-bond donors (Lipinski definition) is 1. The van der Waals surface area contributed by atoms with E-state index in [2.05, 4.69) is 16.0 Å². The lowest BCUT2D eigenvalue weighted by Gasteiger charge is -2.45. The number of pyridine rings is 1. The second kappa shape index (κ2) is 4.79. The van der Waals surface area contributed by atoms with E-state index in [1.807, 2.05) is 6.07 Å². The van der Waals surface area contributed by atoms with Crippen molar-refractivity contribution < 1.29 is 0 Å². The van der Waals surface area contributed by atoms with Gasteiger partial charge in [0.25, 0.3) is 0 Å². The summed E-state index contributed by atoms with van der Waals surface area (Å²) in [4.78, 5) is 6.61. The molecule has 2 fully saturated rings. The van der Waals surface area contributed by atoms with Crippen molar-refractivity contribution in [1.82, 2.24) is 4.98 Å². The monoisotopic (exact) mass is 245 g/mol. The third kappa shape index (κ3) is 2.18. The van der Waals surface area contributed by atoms with E-state index >= 15 is 0 Å². The minimum absolute atomic E-state index is 0.658. The summed E-state index contributed by atoms with van der Waals surface area (Å²) in [7, 11) is 0. The maximum Gasteiger partial charge on any atom is 0.146 e. The van der Waals surface area contributed by atoms with Gasteiger partial charge in [-0.2, -0.15) is 0 Å². The lowest BCUT2D eigenvalue weighted by Crippen LogP contribution is -2.41. The zero-order valence-corrected chi connectivity index (χ0v) is 11.1. The van der Waals surface area contributed by atoms with E-state index in [0.717, 1.165) is 18.8 Å². The Balaban J connectivity index is 1.68. The number of hydrogen-bond acceptors (Lipinski definition) is 3. The van der Waals surface area contributed by atoms with Crippen LogP contribution in [0.2, 0.25) is 0 Å². The first-order valence-electron chi connectivity index (χ1n) is 7.25. The van der Waals surface area contributed by atoms with Gasteiger partial charge in [0, 0.05) is 19.3 Å². The highest BCUT2D eigenvalue weighted by Crippen LogP contribution is 2.45. The summed E-state index contributed by atoms with van der Waals surface area (Å²) in [5.41, 5.74) is 7.75. The Bertz CT molecular complexity index is 400. The fraction of sp³-hybridized carbons (Fsp3) is 0.667. The topological polar surface area (TPSA) is 42.1 Å². The third-order valence-corrected chi connectivity index (χ3v) is 4.90. The van der Waals surface area contributed by atoms with Crippen LogP contribution in [-0.2, 0) is 0 Å². The van der Waals surface area contributed by atoms with E-state index in [1.165, 1.54) is 44.9 Å². The van der Waals surface area contributed by atoms with Crippen LogP contribution in [0.15, 0.2) is 18.3 Å². The van der Waals surface area contributed by atoms with Gasteiger partial charge in [0.2, 0.25) is 0 Å². The molecule has 3 nitrogen and oxygen atoms in total. The molecule has 0 unspecified atom stereocenters.